The molecule has 0 fully saturated rings. The third-order valence-corrected chi connectivity index (χ3v) is 1.33. The van der Waals surface area contributed by atoms with Crippen LogP contribution in [0, 0.1) is 0 Å². The molecule has 0 heterocycles. The molecule has 0 aliphatic carbocycles. The highest BCUT2D eigenvalue weighted by molar-refractivity contribution is 5.80. The minimum atomic E-state index is -0.263. The van der Waals surface area contributed by atoms with Crippen LogP contribution in [-0.2, 0) is 14.4 Å². The van der Waals surface area contributed by atoms with E-state index in [1.165, 1.54) is 18.9 Å². The van der Waals surface area contributed by atoms with Crippen molar-refractivity contribution >= 4 is 18.2 Å². The molecule has 2 N–H and O–H groups in total. The lowest BCUT2D eigenvalue weighted by molar-refractivity contribution is -0.131. The first-order chi connectivity index (χ1) is 6.07. The molecule has 13 heavy (non-hydrogen) atoms. The van der Waals surface area contributed by atoms with Gasteiger partial charge in [-0.25, -0.2) is 0 Å². The van der Waals surface area contributed by atoms with E-state index in [2.05, 4.69) is 10.6 Å². The zero-order chi connectivity index (χ0) is 10.3. The molecule has 0 rings (SSSR count). The average Bonchev–Trinajstić information content (AvgIpc) is 2.10. The smallest absolute Gasteiger partial charge is 0.243 e. The molecule has 0 spiro atoms. The number of carbonyl (C=O) groups is 3. The van der Waals surface area contributed by atoms with Gasteiger partial charge in [0, 0.05) is 14.0 Å². The van der Waals surface area contributed by atoms with Crippen molar-refractivity contribution in [1.82, 2.24) is 15.5 Å². The van der Waals surface area contributed by atoms with E-state index < -0.39 is 0 Å². The first-order valence-electron chi connectivity index (χ1n) is 3.73. The number of hydrogen-bond donors (Lipinski definition) is 2. The lowest BCUT2D eigenvalue weighted by Crippen LogP contribution is -2.41. The summed E-state index contributed by atoms with van der Waals surface area (Å²) in [5, 5.41) is 4.68. The van der Waals surface area contributed by atoms with Crippen LogP contribution in [0.25, 0.3) is 0 Å². The van der Waals surface area contributed by atoms with Gasteiger partial charge < -0.3 is 15.5 Å². The zero-order valence-electron chi connectivity index (χ0n) is 7.66. The monoisotopic (exact) mass is 187 g/mol. The molecule has 0 saturated heterocycles. The summed E-state index contributed by atoms with van der Waals surface area (Å²) >= 11 is 0. The van der Waals surface area contributed by atoms with Crippen molar-refractivity contribution in [2.45, 2.75) is 6.92 Å². The van der Waals surface area contributed by atoms with Gasteiger partial charge >= 0.3 is 0 Å². The van der Waals surface area contributed by atoms with Gasteiger partial charge in [-0.1, -0.05) is 0 Å². The first kappa shape index (κ1) is 11.4. The lowest BCUT2D eigenvalue weighted by atomic mass is 10.5. The van der Waals surface area contributed by atoms with Crippen LogP contribution in [-0.4, -0.2) is 43.4 Å². The Bertz CT molecular complexity index is 205. The number of carbonyl (C=O) groups excluding carboxylic acids is 3. The SMILES string of the molecule is CC(=O)NCN(C)C(=O)CNC=O. The second-order valence-corrected chi connectivity index (χ2v) is 2.48. The number of nitrogens with one attached hydrogen (secondary N) is 2. The summed E-state index contributed by atoms with van der Waals surface area (Å²) in [5.41, 5.74) is 0. The Hall–Kier alpha value is -1.59. The fourth-order valence-electron chi connectivity index (χ4n) is 0.582. The molecular formula is C7H13N3O3. The molecule has 6 nitrogen and oxygen atoms in total. The van der Waals surface area contributed by atoms with Crippen molar-refractivity contribution in [3.05, 3.63) is 0 Å². The Morgan fingerprint density at radius 2 is 2.08 bits per heavy atom. The van der Waals surface area contributed by atoms with Crippen LogP contribution in [0.15, 0.2) is 0 Å². The van der Waals surface area contributed by atoms with Crippen molar-refractivity contribution in [3.63, 3.8) is 0 Å². The minimum absolute atomic E-state index is 0.0560. The molecule has 0 aromatic heterocycles. The third kappa shape index (κ3) is 5.66. The Kier molecular flexibility index (Phi) is 5.25. The van der Waals surface area contributed by atoms with Crippen molar-refractivity contribution in [2.75, 3.05) is 20.3 Å². The van der Waals surface area contributed by atoms with Gasteiger partial charge in [0.05, 0.1) is 13.2 Å². The molecule has 3 amide bonds. The van der Waals surface area contributed by atoms with Crippen molar-refractivity contribution in [1.29, 1.82) is 0 Å². The maximum absolute atomic E-state index is 11.1. The van der Waals surface area contributed by atoms with Gasteiger partial charge in [0.15, 0.2) is 0 Å². The summed E-state index contributed by atoms with van der Waals surface area (Å²) in [5.74, 6) is -0.469. The van der Waals surface area contributed by atoms with Gasteiger partial charge in [-0.15, -0.1) is 0 Å². The van der Waals surface area contributed by atoms with Crippen LogP contribution in [0.3, 0.4) is 0 Å². The van der Waals surface area contributed by atoms with E-state index in [1.54, 1.807) is 0 Å². The summed E-state index contributed by atoms with van der Waals surface area (Å²) < 4.78 is 0. The van der Waals surface area contributed by atoms with Crippen LogP contribution in [0.1, 0.15) is 6.92 Å². The molecule has 0 radical (unpaired) electrons. The van der Waals surface area contributed by atoms with E-state index in [0.717, 1.165) is 0 Å². The highest BCUT2D eigenvalue weighted by Gasteiger charge is 2.06. The van der Waals surface area contributed by atoms with Gasteiger partial charge in [-0.3, -0.25) is 14.4 Å². The number of rotatable bonds is 5. The minimum Gasteiger partial charge on any atom is -0.350 e. The number of nitrogens with zero attached hydrogens (tertiary/aromatic N) is 1. The fourth-order valence-corrected chi connectivity index (χ4v) is 0.582. The maximum Gasteiger partial charge on any atom is 0.243 e. The standard InChI is InChI=1S/C7H13N3O3/c1-6(12)9-4-10(2)7(13)3-8-5-11/h5H,3-4H2,1-2H3,(H,8,11)(H,9,12). The topological polar surface area (TPSA) is 78.5 Å². The third-order valence-electron chi connectivity index (χ3n) is 1.33. The largest absolute Gasteiger partial charge is 0.350 e. The molecule has 6 heteroatoms. The molecule has 0 aliphatic rings. The number of likely N-dealkylation sites (N-methyl/N-ethyl adjacent to an activating group) is 1. The van der Waals surface area contributed by atoms with Crippen LogP contribution >= 0.6 is 0 Å². The predicted molar refractivity (Wildman–Crippen MR) is 45.5 cm³/mol. The van der Waals surface area contributed by atoms with Gasteiger partial charge in [0.25, 0.3) is 0 Å². The average molecular weight is 187 g/mol. The molecule has 0 aromatic rings. The number of hydrogen-bond acceptors (Lipinski definition) is 3. The summed E-state index contributed by atoms with van der Waals surface area (Å²) in [4.78, 5) is 32.7. The van der Waals surface area contributed by atoms with Gasteiger partial charge in [0.1, 0.15) is 0 Å². The second-order valence-electron chi connectivity index (χ2n) is 2.48. The Morgan fingerprint density at radius 1 is 1.46 bits per heavy atom. The normalized spacial score (nSPS) is 8.77. The predicted octanol–water partition coefficient (Wildman–Crippen LogP) is -1.72. The fraction of sp³-hybridized carbons (Fsp3) is 0.571. The highest BCUT2D eigenvalue weighted by Crippen LogP contribution is 1.79. The molecule has 0 saturated carbocycles. The van der Waals surface area contributed by atoms with E-state index in [-0.39, 0.29) is 25.0 Å². The van der Waals surface area contributed by atoms with Crippen LogP contribution in [0.4, 0.5) is 0 Å². The highest BCUT2D eigenvalue weighted by atomic mass is 16.2. The second kappa shape index (κ2) is 5.99. The van der Waals surface area contributed by atoms with E-state index in [4.69, 9.17) is 0 Å². The Morgan fingerprint density at radius 3 is 2.54 bits per heavy atom. The summed E-state index contributed by atoms with van der Waals surface area (Å²) in [6.07, 6.45) is 0.449. The quantitative estimate of drug-likeness (QED) is 0.397. The van der Waals surface area contributed by atoms with E-state index >= 15 is 0 Å². The lowest BCUT2D eigenvalue weighted by Gasteiger charge is -2.16. The van der Waals surface area contributed by atoms with Gasteiger partial charge in [0.2, 0.25) is 18.2 Å². The number of amides is 3. The van der Waals surface area contributed by atoms with Crippen molar-refractivity contribution in [2.24, 2.45) is 0 Å². The maximum atomic E-state index is 11.1. The Balaban J connectivity index is 3.68. The molecule has 0 aromatic carbocycles. The van der Waals surface area contributed by atoms with Crippen molar-refractivity contribution in [3.8, 4) is 0 Å². The summed E-state index contributed by atoms with van der Waals surface area (Å²) in [7, 11) is 1.53. The molecule has 0 aliphatic heterocycles. The molecule has 0 atom stereocenters. The van der Waals surface area contributed by atoms with E-state index in [9.17, 15) is 14.4 Å². The first-order valence-corrected chi connectivity index (χ1v) is 3.73. The van der Waals surface area contributed by atoms with Crippen LogP contribution in [0.5, 0.6) is 0 Å². The Labute approximate surface area is 76.3 Å². The van der Waals surface area contributed by atoms with Crippen LogP contribution in [0.2, 0.25) is 0 Å². The molecule has 74 valence electrons. The zero-order valence-corrected chi connectivity index (χ0v) is 7.66. The van der Waals surface area contributed by atoms with Crippen LogP contribution < -0.4 is 10.6 Å². The summed E-state index contributed by atoms with van der Waals surface area (Å²) in [6.45, 7) is 1.45. The van der Waals surface area contributed by atoms with Crippen molar-refractivity contribution < 1.29 is 14.4 Å². The van der Waals surface area contributed by atoms with E-state index in [0.29, 0.717) is 6.41 Å². The van der Waals surface area contributed by atoms with Gasteiger partial charge in [-0.05, 0) is 0 Å². The molecular weight excluding hydrogens is 174 g/mol. The molecule has 0 bridgehead atoms. The molecule has 0 unspecified atom stereocenters. The summed E-state index contributed by atoms with van der Waals surface area (Å²) in [6, 6.07) is 0. The van der Waals surface area contributed by atoms with Gasteiger partial charge in [-0.2, -0.15) is 0 Å². The van der Waals surface area contributed by atoms with E-state index in [1.807, 2.05) is 0 Å².